The number of nitrogens with zero attached hydrogens (tertiary/aromatic N) is 1. The Morgan fingerprint density at radius 2 is 1.69 bits per heavy atom. The molecule has 3 rings (SSSR count). The van der Waals surface area contributed by atoms with E-state index >= 15 is 0 Å². The number of carbonyl (C=O) groups is 3. The van der Waals surface area contributed by atoms with Crippen LogP contribution in [0.5, 0.6) is 5.75 Å². The second-order valence-corrected chi connectivity index (χ2v) is 6.93. The summed E-state index contributed by atoms with van der Waals surface area (Å²) in [5.41, 5.74) is 2.22. The van der Waals surface area contributed by atoms with Gasteiger partial charge in [-0.05, 0) is 49.2 Å². The van der Waals surface area contributed by atoms with Crippen LogP contribution in [-0.2, 0) is 11.3 Å². The van der Waals surface area contributed by atoms with Gasteiger partial charge in [-0.1, -0.05) is 18.9 Å². The summed E-state index contributed by atoms with van der Waals surface area (Å²) in [6.07, 6.45) is 3.42. The van der Waals surface area contributed by atoms with E-state index in [0.29, 0.717) is 36.6 Å². The van der Waals surface area contributed by atoms with Crippen LogP contribution in [0.3, 0.4) is 0 Å². The number of benzene rings is 2. The molecule has 1 aliphatic rings. The average molecular weight is 397 g/mol. The van der Waals surface area contributed by atoms with Crippen LogP contribution in [0.25, 0.3) is 0 Å². The molecule has 0 atom stereocenters. The molecule has 0 bridgehead atoms. The molecule has 0 unspecified atom stereocenters. The highest BCUT2D eigenvalue weighted by Gasteiger charge is 2.31. The molecule has 0 saturated carbocycles. The van der Waals surface area contributed by atoms with Crippen molar-refractivity contribution in [2.45, 2.75) is 38.6 Å². The Hall–Kier alpha value is -3.35. The third-order valence-corrected chi connectivity index (χ3v) is 4.89. The molecular formula is C22H23NO6. The van der Waals surface area contributed by atoms with Gasteiger partial charge in [0.2, 0.25) is 0 Å². The number of rotatable bonds is 10. The monoisotopic (exact) mass is 397 g/mol. The molecule has 0 fully saturated rings. The number of carbonyl (C=O) groups excluding carboxylic acids is 1. The number of aromatic carboxylic acids is 1. The van der Waals surface area contributed by atoms with Crippen molar-refractivity contribution in [3.05, 3.63) is 59.2 Å². The summed E-state index contributed by atoms with van der Waals surface area (Å²) in [6.45, 7) is 0.875. The van der Waals surface area contributed by atoms with E-state index < -0.39 is 11.9 Å². The fourth-order valence-electron chi connectivity index (χ4n) is 3.35. The largest absolute Gasteiger partial charge is 0.493 e. The van der Waals surface area contributed by atoms with Crippen molar-refractivity contribution in [1.29, 1.82) is 0 Å². The maximum atomic E-state index is 12.8. The lowest BCUT2D eigenvalue weighted by Gasteiger charge is -2.16. The lowest BCUT2D eigenvalue weighted by atomic mass is 10.1. The Morgan fingerprint density at radius 3 is 2.38 bits per heavy atom. The van der Waals surface area contributed by atoms with Crippen molar-refractivity contribution < 1.29 is 29.3 Å². The second-order valence-electron chi connectivity index (χ2n) is 6.93. The Bertz CT molecular complexity index is 906. The van der Waals surface area contributed by atoms with Gasteiger partial charge in [-0.15, -0.1) is 0 Å². The molecule has 1 aliphatic heterocycles. The summed E-state index contributed by atoms with van der Waals surface area (Å²) in [7, 11) is 0. The van der Waals surface area contributed by atoms with Gasteiger partial charge in [0.15, 0.2) is 0 Å². The Balaban J connectivity index is 1.60. The summed E-state index contributed by atoms with van der Waals surface area (Å²) < 4.78 is 5.89. The van der Waals surface area contributed by atoms with Crippen LogP contribution in [-0.4, -0.2) is 34.7 Å². The van der Waals surface area contributed by atoms with Crippen molar-refractivity contribution in [2.75, 3.05) is 11.5 Å². The van der Waals surface area contributed by atoms with Gasteiger partial charge in [-0.25, -0.2) is 4.79 Å². The Morgan fingerprint density at radius 1 is 0.966 bits per heavy atom. The van der Waals surface area contributed by atoms with Gasteiger partial charge in [0, 0.05) is 23.2 Å². The molecule has 0 saturated heterocycles. The number of anilines is 1. The number of fused-ring (bicyclic) bond motifs is 1. The Labute approximate surface area is 168 Å². The molecule has 2 aromatic carbocycles. The molecule has 0 aromatic heterocycles. The smallest absolute Gasteiger partial charge is 0.335 e. The molecule has 1 heterocycles. The predicted molar refractivity (Wildman–Crippen MR) is 107 cm³/mol. The van der Waals surface area contributed by atoms with E-state index in [4.69, 9.17) is 14.9 Å². The van der Waals surface area contributed by atoms with Gasteiger partial charge < -0.3 is 19.8 Å². The van der Waals surface area contributed by atoms with Crippen LogP contribution < -0.4 is 9.64 Å². The predicted octanol–water partition coefficient (Wildman–Crippen LogP) is 3.96. The normalized spacial score (nSPS) is 12.7. The van der Waals surface area contributed by atoms with Gasteiger partial charge >= 0.3 is 11.9 Å². The minimum absolute atomic E-state index is 0.137. The van der Waals surface area contributed by atoms with Gasteiger partial charge in [-0.2, -0.15) is 0 Å². The van der Waals surface area contributed by atoms with E-state index in [1.165, 1.54) is 12.1 Å². The van der Waals surface area contributed by atoms with Crippen molar-refractivity contribution in [1.82, 2.24) is 0 Å². The number of unbranched alkanes of at least 4 members (excludes halogenated alkanes) is 3. The van der Waals surface area contributed by atoms with Gasteiger partial charge in [0.1, 0.15) is 5.75 Å². The highest BCUT2D eigenvalue weighted by molar-refractivity contribution is 6.10. The molecular weight excluding hydrogens is 374 g/mol. The summed E-state index contributed by atoms with van der Waals surface area (Å²) in [4.78, 5) is 35.9. The van der Waals surface area contributed by atoms with Crippen LogP contribution in [0.1, 0.15) is 58.4 Å². The molecule has 0 radical (unpaired) electrons. The van der Waals surface area contributed by atoms with Crippen molar-refractivity contribution in [3.63, 3.8) is 0 Å². The molecule has 7 heteroatoms. The first-order valence-electron chi connectivity index (χ1n) is 9.59. The second kappa shape index (κ2) is 9.23. The number of carboxylic acids is 2. The third kappa shape index (κ3) is 4.93. The zero-order valence-electron chi connectivity index (χ0n) is 16.0. The Kier molecular flexibility index (Phi) is 6.49. The van der Waals surface area contributed by atoms with Gasteiger partial charge in [-0.3, -0.25) is 9.59 Å². The molecule has 1 amide bonds. The van der Waals surface area contributed by atoms with Crippen LogP contribution in [0, 0.1) is 0 Å². The molecule has 152 valence electrons. The van der Waals surface area contributed by atoms with E-state index in [2.05, 4.69) is 0 Å². The number of hydrogen-bond acceptors (Lipinski definition) is 4. The first-order chi connectivity index (χ1) is 14.0. The fourth-order valence-corrected chi connectivity index (χ4v) is 3.35. The van der Waals surface area contributed by atoms with Crippen molar-refractivity contribution in [3.8, 4) is 5.75 Å². The first-order valence-corrected chi connectivity index (χ1v) is 9.59. The minimum atomic E-state index is -1.01. The molecule has 0 aliphatic carbocycles. The average Bonchev–Trinajstić information content (AvgIpc) is 3.04. The molecule has 2 aromatic rings. The van der Waals surface area contributed by atoms with E-state index in [0.717, 1.165) is 24.8 Å². The number of amides is 1. The van der Waals surface area contributed by atoms with Crippen molar-refractivity contribution in [2.24, 2.45) is 0 Å². The topological polar surface area (TPSA) is 104 Å². The summed E-state index contributed by atoms with van der Waals surface area (Å²) in [5, 5.41) is 17.7. The number of hydrogen-bond donors (Lipinski definition) is 2. The van der Waals surface area contributed by atoms with E-state index in [1.807, 2.05) is 6.07 Å². The summed E-state index contributed by atoms with van der Waals surface area (Å²) in [6, 6.07) is 11.6. The standard InChI is InChI=1S/C22H23NO6/c24-20(25)8-3-1-2-4-13-29-19-7-5-6-17-18(19)14-23(21(17)26)16-11-9-15(10-12-16)22(27)28/h5-7,9-12H,1-4,8,13-14H2,(H,24,25)(H,27,28). The molecule has 7 nitrogen and oxygen atoms in total. The van der Waals surface area contributed by atoms with E-state index in [9.17, 15) is 14.4 Å². The number of aliphatic carboxylic acids is 1. The van der Waals surface area contributed by atoms with Crippen LogP contribution in [0.4, 0.5) is 5.69 Å². The number of ether oxygens (including phenoxy) is 1. The third-order valence-electron chi connectivity index (χ3n) is 4.89. The SMILES string of the molecule is O=C(O)CCCCCCOc1cccc2c1CN(c1ccc(C(=O)O)cc1)C2=O. The van der Waals surface area contributed by atoms with Crippen LogP contribution in [0.15, 0.2) is 42.5 Å². The van der Waals surface area contributed by atoms with Crippen LogP contribution >= 0.6 is 0 Å². The summed E-state index contributed by atoms with van der Waals surface area (Å²) in [5.74, 6) is -1.24. The fraction of sp³-hybridized carbons (Fsp3) is 0.318. The van der Waals surface area contributed by atoms with Crippen LogP contribution in [0.2, 0.25) is 0 Å². The maximum Gasteiger partial charge on any atom is 0.335 e. The summed E-state index contributed by atoms with van der Waals surface area (Å²) >= 11 is 0. The maximum absolute atomic E-state index is 12.8. The van der Waals surface area contributed by atoms with Crippen molar-refractivity contribution >= 4 is 23.5 Å². The van der Waals surface area contributed by atoms with Gasteiger partial charge in [0.05, 0.1) is 18.7 Å². The zero-order valence-corrected chi connectivity index (χ0v) is 16.0. The highest BCUT2D eigenvalue weighted by atomic mass is 16.5. The molecule has 0 spiro atoms. The lowest BCUT2D eigenvalue weighted by molar-refractivity contribution is -0.137. The molecule has 29 heavy (non-hydrogen) atoms. The zero-order chi connectivity index (χ0) is 20.8. The number of carboxylic acid groups (broad SMARTS) is 2. The lowest BCUT2D eigenvalue weighted by Crippen LogP contribution is -2.22. The van der Waals surface area contributed by atoms with E-state index in [1.54, 1.807) is 29.2 Å². The van der Waals surface area contributed by atoms with E-state index in [-0.39, 0.29) is 17.9 Å². The first kappa shape index (κ1) is 20.4. The quantitative estimate of drug-likeness (QED) is 0.588. The van der Waals surface area contributed by atoms with Gasteiger partial charge in [0.25, 0.3) is 5.91 Å². The minimum Gasteiger partial charge on any atom is -0.493 e. The highest BCUT2D eigenvalue weighted by Crippen LogP contribution is 2.34. The molecule has 2 N–H and O–H groups in total.